The lowest BCUT2D eigenvalue weighted by Crippen LogP contribution is -2.29. The number of Topliss-reactive ketones (excluding diaryl/α,β-unsaturated/α-hetero) is 1. The van der Waals surface area contributed by atoms with Crippen LogP contribution in [0.25, 0.3) is 16.5 Å². The molecule has 8 heteroatoms. The number of hydrogen-bond donors (Lipinski definition) is 1. The fourth-order valence-corrected chi connectivity index (χ4v) is 4.77. The third-order valence-corrected chi connectivity index (χ3v) is 6.57. The number of benzene rings is 4. The number of ether oxygens (including phenoxy) is 3. The van der Waals surface area contributed by atoms with Crippen molar-refractivity contribution in [2.45, 2.75) is 6.04 Å². The number of rotatable bonds is 6. The fourth-order valence-electron chi connectivity index (χ4n) is 4.77. The van der Waals surface area contributed by atoms with E-state index in [4.69, 9.17) is 14.2 Å². The molecular formula is C30H24FNO6. The molecule has 5 rings (SSSR count). The summed E-state index contributed by atoms with van der Waals surface area (Å²) in [6.45, 7) is 0. The Morgan fingerprint density at radius 3 is 2.05 bits per heavy atom. The van der Waals surface area contributed by atoms with E-state index in [0.717, 1.165) is 10.8 Å². The second kappa shape index (κ2) is 9.89. The van der Waals surface area contributed by atoms with Gasteiger partial charge in [-0.3, -0.25) is 14.5 Å². The molecule has 0 bridgehead atoms. The molecule has 0 aromatic heterocycles. The monoisotopic (exact) mass is 513 g/mol. The van der Waals surface area contributed by atoms with E-state index in [-0.39, 0.29) is 17.0 Å². The molecule has 1 aliphatic heterocycles. The molecule has 1 N–H and O–H groups in total. The summed E-state index contributed by atoms with van der Waals surface area (Å²) in [6.07, 6.45) is 0. The zero-order valence-electron chi connectivity index (χ0n) is 20.9. The summed E-state index contributed by atoms with van der Waals surface area (Å²) >= 11 is 0. The lowest BCUT2D eigenvalue weighted by Gasteiger charge is -2.26. The van der Waals surface area contributed by atoms with Gasteiger partial charge in [0.15, 0.2) is 11.5 Å². The zero-order valence-corrected chi connectivity index (χ0v) is 20.9. The van der Waals surface area contributed by atoms with Crippen LogP contribution >= 0.6 is 0 Å². The summed E-state index contributed by atoms with van der Waals surface area (Å²) in [5, 5.41) is 13.3. The molecule has 7 nitrogen and oxygen atoms in total. The number of fused-ring (bicyclic) bond motifs is 1. The van der Waals surface area contributed by atoms with Crippen molar-refractivity contribution < 1.29 is 33.3 Å². The minimum Gasteiger partial charge on any atom is -0.507 e. The van der Waals surface area contributed by atoms with Gasteiger partial charge in [0.2, 0.25) is 5.75 Å². The minimum atomic E-state index is -1.07. The van der Waals surface area contributed by atoms with Crippen molar-refractivity contribution in [1.82, 2.24) is 0 Å². The summed E-state index contributed by atoms with van der Waals surface area (Å²) in [6, 6.07) is 20.2. The van der Waals surface area contributed by atoms with Crippen LogP contribution in [0.2, 0.25) is 0 Å². The van der Waals surface area contributed by atoms with Gasteiger partial charge in [0.25, 0.3) is 11.7 Å². The van der Waals surface area contributed by atoms with E-state index in [1.165, 1.54) is 50.5 Å². The lowest BCUT2D eigenvalue weighted by molar-refractivity contribution is -0.132. The number of ketones is 1. The van der Waals surface area contributed by atoms with E-state index < -0.39 is 23.5 Å². The first-order chi connectivity index (χ1) is 18.4. The quantitative estimate of drug-likeness (QED) is 0.204. The molecule has 0 saturated carbocycles. The Hall–Kier alpha value is -4.85. The van der Waals surface area contributed by atoms with Crippen LogP contribution in [0.4, 0.5) is 10.1 Å². The second-order valence-electron chi connectivity index (χ2n) is 8.67. The van der Waals surface area contributed by atoms with Crippen molar-refractivity contribution in [1.29, 1.82) is 0 Å². The van der Waals surface area contributed by atoms with Gasteiger partial charge < -0.3 is 19.3 Å². The molecule has 1 aliphatic rings. The van der Waals surface area contributed by atoms with Crippen molar-refractivity contribution in [3.05, 3.63) is 101 Å². The number of carbonyl (C=O) groups excluding carboxylic acids is 2. The first-order valence-electron chi connectivity index (χ1n) is 11.7. The smallest absolute Gasteiger partial charge is 0.300 e. The Morgan fingerprint density at radius 2 is 1.45 bits per heavy atom. The van der Waals surface area contributed by atoms with Crippen molar-refractivity contribution in [3.63, 3.8) is 0 Å². The van der Waals surface area contributed by atoms with Crippen LogP contribution in [0, 0.1) is 5.82 Å². The van der Waals surface area contributed by atoms with Gasteiger partial charge in [-0.05, 0) is 58.8 Å². The number of aliphatic hydroxyl groups is 1. The van der Waals surface area contributed by atoms with Gasteiger partial charge in [0, 0.05) is 11.3 Å². The van der Waals surface area contributed by atoms with Crippen LogP contribution in [-0.2, 0) is 9.59 Å². The van der Waals surface area contributed by atoms with Gasteiger partial charge in [-0.1, -0.05) is 36.4 Å². The van der Waals surface area contributed by atoms with E-state index in [1.54, 1.807) is 24.3 Å². The molecular weight excluding hydrogens is 489 g/mol. The molecule has 1 saturated heterocycles. The van der Waals surface area contributed by atoms with Gasteiger partial charge in [0.05, 0.1) is 32.9 Å². The SMILES string of the molecule is COc1cc(C2/C(=C(\O)c3ccc4ccccc4c3)C(=O)C(=O)N2c2ccc(F)cc2)cc(OC)c1OC. The van der Waals surface area contributed by atoms with Crippen LogP contribution in [-0.4, -0.2) is 38.1 Å². The molecule has 4 aromatic carbocycles. The van der Waals surface area contributed by atoms with Gasteiger partial charge in [-0.15, -0.1) is 0 Å². The number of hydrogen-bond acceptors (Lipinski definition) is 6. The van der Waals surface area contributed by atoms with Gasteiger partial charge >= 0.3 is 0 Å². The van der Waals surface area contributed by atoms with Crippen molar-refractivity contribution in [2.24, 2.45) is 0 Å². The zero-order chi connectivity index (χ0) is 27.0. The molecule has 1 amide bonds. The number of anilines is 1. The summed E-state index contributed by atoms with van der Waals surface area (Å²) in [5.41, 5.74) is 0.956. The standard InChI is InChI=1S/C30H24FNO6/c1-36-23-15-20(16-24(37-2)29(23)38-3)26-25(27(33)19-9-8-17-6-4-5-7-18(17)14-19)28(34)30(35)32(26)22-12-10-21(31)11-13-22/h4-16,26,33H,1-3H3/b27-25+. The molecule has 1 unspecified atom stereocenters. The van der Waals surface area contributed by atoms with Crippen molar-refractivity contribution >= 4 is 33.9 Å². The summed E-state index contributed by atoms with van der Waals surface area (Å²) in [4.78, 5) is 28.1. The molecule has 0 radical (unpaired) electrons. The predicted molar refractivity (Wildman–Crippen MR) is 141 cm³/mol. The van der Waals surface area contributed by atoms with E-state index in [0.29, 0.717) is 28.4 Å². The molecule has 1 atom stereocenters. The van der Waals surface area contributed by atoms with Gasteiger partial charge in [-0.2, -0.15) is 0 Å². The maximum atomic E-state index is 13.7. The van der Waals surface area contributed by atoms with E-state index in [2.05, 4.69) is 0 Å². The average molecular weight is 514 g/mol. The highest BCUT2D eigenvalue weighted by molar-refractivity contribution is 6.51. The van der Waals surface area contributed by atoms with Crippen LogP contribution < -0.4 is 19.1 Å². The molecule has 192 valence electrons. The van der Waals surface area contributed by atoms with Crippen molar-refractivity contribution in [3.8, 4) is 17.2 Å². The van der Waals surface area contributed by atoms with E-state index in [1.807, 2.05) is 30.3 Å². The Labute approximate surface area is 218 Å². The van der Waals surface area contributed by atoms with E-state index >= 15 is 0 Å². The number of nitrogens with zero attached hydrogens (tertiary/aromatic N) is 1. The maximum absolute atomic E-state index is 13.7. The van der Waals surface area contributed by atoms with Crippen LogP contribution in [0.5, 0.6) is 17.2 Å². The molecule has 1 heterocycles. The molecule has 0 aliphatic carbocycles. The number of amides is 1. The summed E-state index contributed by atoms with van der Waals surface area (Å²) in [7, 11) is 4.37. The topological polar surface area (TPSA) is 85.3 Å². The highest BCUT2D eigenvalue weighted by atomic mass is 19.1. The van der Waals surface area contributed by atoms with Gasteiger partial charge in [0.1, 0.15) is 11.6 Å². The first kappa shape index (κ1) is 24.8. The first-order valence-corrected chi connectivity index (χ1v) is 11.7. The molecule has 0 spiro atoms. The third-order valence-electron chi connectivity index (χ3n) is 6.57. The van der Waals surface area contributed by atoms with Crippen LogP contribution in [0.1, 0.15) is 17.2 Å². The Morgan fingerprint density at radius 1 is 0.816 bits per heavy atom. The number of halogens is 1. The van der Waals surface area contributed by atoms with Crippen LogP contribution in [0.3, 0.4) is 0 Å². The third kappa shape index (κ3) is 4.10. The maximum Gasteiger partial charge on any atom is 0.300 e. The Bertz CT molecular complexity index is 1570. The van der Waals surface area contributed by atoms with Crippen LogP contribution in [0.15, 0.2) is 84.4 Å². The van der Waals surface area contributed by atoms with Crippen molar-refractivity contribution in [2.75, 3.05) is 26.2 Å². The summed E-state index contributed by atoms with van der Waals surface area (Å²) in [5.74, 6) is -1.64. The van der Waals surface area contributed by atoms with Gasteiger partial charge in [-0.25, -0.2) is 4.39 Å². The largest absolute Gasteiger partial charge is 0.507 e. The summed E-state index contributed by atoms with van der Waals surface area (Å²) < 4.78 is 30.2. The Balaban J connectivity index is 1.78. The normalized spacial score (nSPS) is 16.6. The molecule has 38 heavy (non-hydrogen) atoms. The second-order valence-corrected chi connectivity index (χ2v) is 8.67. The number of methoxy groups -OCH3 is 3. The fraction of sp³-hybridized carbons (Fsp3) is 0.133. The molecule has 1 fully saturated rings. The number of aliphatic hydroxyl groups excluding tert-OH is 1. The molecule has 4 aromatic rings. The lowest BCUT2D eigenvalue weighted by atomic mass is 9.93. The highest BCUT2D eigenvalue weighted by Gasteiger charge is 2.47. The Kier molecular flexibility index (Phi) is 6.46. The average Bonchev–Trinajstić information content (AvgIpc) is 3.21. The van der Waals surface area contributed by atoms with E-state index in [9.17, 15) is 19.1 Å². The predicted octanol–water partition coefficient (Wildman–Crippen LogP) is 5.63. The highest BCUT2D eigenvalue weighted by Crippen LogP contribution is 2.47. The minimum absolute atomic E-state index is 0.121. The number of carbonyl (C=O) groups is 2.